The zero-order valence-corrected chi connectivity index (χ0v) is 12.8. The van der Waals surface area contributed by atoms with Crippen LogP contribution in [-0.4, -0.2) is 10.2 Å². The molecule has 0 spiro atoms. The van der Waals surface area contributed by atoms with Gasteiger partial charge in [0.15, 0.2) is 11.5 Å². The molecule has 0 fully saturated rings. The summed E-state index contributed by atoms with van der Waals surface area (Å²) in [6.45, 7) is 0. The van der Waals surface area contributed by atoms with Crippen molar-refractivity contribution in [2.24, 2.45) is 0 Å². The second-order valence-corrected chi connectivity index (χ2v) is 5.62. The van der Waals surface area contributed by atoms with Crippen molar-refractivity contribution in [1.82, 2.24) is 0 Å². The van der Waals surface area contributed by atoms with Crippen molar-refractivity contribution in [2.75, 3.05) is 0 Å². The highest BCUT2D eigenvalue weighted by atomic mass is 35.5. The summed E-state index contributed by atoms with van der Waals surface area (Å²) in [5.41, 5.74) is 0.609. The predicted molar refractivity (Wildman–Crippen MR) is 80.3 cm³/mol. The van der Waals surface area contributed by atoms with Gasteiger partial charge in [0.25, 0.3) is 0 Å². The molecular formula is C12H5Cl5O2. The second-order valence-electron chi connectivity index (χ2n) is 3.64. The van der Waals surface area contributed by atoms with Gasteiger partial charge in [-0.05, 0) is 18.2 Å². The largest absolute Gasteiger partial charge is 0.503 e. The Morgan fingerprint density at radius 1 is 0.737 bits per heavy atom. The van der Waals surface area contributed by atoms with Gasteiger partial charge < -0.3 is 10.2 Å². The van der Waals surface area contributed by atoms with Crippen LogP contribution in [0.5, 0.6) is 11.5 Å². The highest BCUT2D eigenvalue weighted by Gasteiger charge is 2.23. The summed E-state index contributed by atoms with van der Waals surface area (Å²) < 4.78 is 0. The molecule has 0 aliphatic rings. The summed E-state index contributed by atoms with van der Waals surface area (Å²) in [4.78, 5) is 0. The van der Waals surface area contributed by atoms with E-state index >= 15 is 0 Å². The quantitative estimate of drug-likeness (QED) is 0.482. The molecule has 0 atom stereocenters. The van der Waals surface area contributed by atoms with Gasteiger partial charge in [0.05, 0.1) is 10.0 Å². The van der Waals surface area contributed by atoms with Crippen molar-refractivity contribution in [3.05, 3.63) is 43.3 Å². The molecule has 2 aromatic carbocycles. The Kier molecular flexibility index (Phi) is 4.29. The van der Waals surface area contributed by atoms with Gasteiger partial charge in [0.2, 0.25) is 0 Å². The van der Waals surface area contributed by atoms with E-state index in [1.165, 1.54) is 6.07 Å². The standard InChI is InChI=1S/C12H5Cl5O2/c13-4-1-2-6(14)5(3-4)7-8(15)10(17)12(19)11(18)9(7)16/h1-3,18-19H. The normalized spacial score (nSPS) is 10.8. The molecule has 2 aromatic rings. The minimum atomic E-state index is -0.585. The van der Waals surface area contributed by atoms with Crippen LogP contribution in [0.1, 0.15) is 0 Å². The first kappa shape index (κ1) is 14.9. The van der Waals surface area contributed by atoms with Crippen LogP contribution in [0.25, 0.3) is 11.1 Å². The number of hydrogen-bond acceptors (Lipinski definition) is 2. The average Bonchev–Trinajstić information content (AvgIpc) is 2.38. The maximum Gasteiger partial charge on any atom is 0.179 e. The zero-order valence-electron chi connectivity index (χ0n) is 9.02. The van der Waals surface area contributed by atoms with Crippen LogP contribution in [0, 0.1) is 0 Å². The van der Waals surface area contributed by atoms with E-state index < -0.39 is 11.5 Å². The zero-order chi connectivity index (χ0) is 14.3. The number of phenolic OH excluding ortho intramolecular Hbond substituents is 2. The molecule has 0 saturated carbocycles. The molecule has 0 saturated heterocycles. The molecule has 0 bridgehead atoms. The van der Waals surface area contributed by atoms with Crippen LogP contribution >= 0.6 is 58.0 Å². The Bertz CT molecular complexity index is 641. The van der Waals surface area contributed by atoms with Gasteiger partial charge in [-0.2, -0.15) is 0 Å². The third-order valence-electron chi connectivity index (χ3n) is 2.47. The van der Waals surface area contributed by atoms with E-state index in [1.807, 2.05) is 0 Å². The van der Waals surface area contributed by atoms with Crippen molar-refractivity contribution in [2.45, 2.75) is 0 Å². The summed E-state index contributed by atoms with van der Waals surface area (Å²) in [6.07, 6.45) is 0. The lowest BCUT2D eigenvalue weighted by atomic mass is 10.0. The van der Waals surface area contributed by atoms with Crippen LogP contribution in [0.15, 0.2) is 18.2 Å². The van der Waals surface area contributed by atoms with Gasteiger partial charge in [-0.1, -0.05) is 58.0 Å². The first-order valence-electron chi connectivity index (χ1n) is 4.88. The SMILES string of the molecule is Oc1c(O)c(Cl)c(-c2cc(Cl)ccc2Cl)c(Cl)c1Cl. The minimum absolute atomic E-state index is 0.0221. The Morgan fingerprint density at radius 2 is 1.32 bits per heavy atom. The van der Waals surface area contributed by atoms with E-state index in [9.17, 15) is 10.2 Å². The molecule has 0 heterocycles. The first-order chi connectivity index (χ1) is 8.84. The van der Waals surface area contributed by atoms with Crippen molar-refractivity contribution in [1.29, 1.82) is 0 Å². The number of aromatic hydroxyl groups is 2. The van der Waals surface area contributed by atoms with Crippen molar-refractivity contribution in [3.63, 3.8) is 0 Å². The average molecular weight is 358 g/mol. The molecule has 0 unspecified atom stereocenters. The number of halogens is 5. The lowest BCUT2D eigenvalue weighted by Gasteiger charge is -2.14. The van der Waals surface area contributed by atoms with Crippen molar-refractivity contribution >= 4 is 58.0 Å². The molecule has 0 amide bonds. The van der Waals surface area contributed by atoms with E-state index in [0.717, 1.165) is 0 Å². The molecule has 19 heavy (non-hydrogen) atoms. The number of phenols is 2. The van der Waals surface area contributed by atoms with E-state index in [0.29, 0.717) is 15.6 Å². The molecule has 2 nitrogen and oxygen atoms in total. The van der Waals surface area contributed by atoms with E-state index in [4.69, 9.17) is 58.0 Å². The second kappa shape index (κ2) is 5.47. The molecule has 100 valence electrons. The Morgan fingerprint density at radius 3 is 1.95 bits per heavy atom. The molecule has 2 rings (SSSR count). The summed E-state index contributed by atoms with van der Waals surface area (Å²) in [6, 6.07) is 4.69. The van der Waals surface area contributed by atoms with Crippen LogP contribution in [-0.2, 0) is 0 Å². The fourth-order valence-corrected chi connectivity index (χ4v) is 2.75. The van der Waals surface area contributed by atoms with Gasteiger partial charge in [-0.3, -0.25) is 0 Å². The topological polar surface area (TPSA) is 40.5 Å². The lowest BCUT2D eigenvalue weighted by molar-refractivity contribution is 0.404. The lowest BCUT2D eigenvalue weighted by Crippen LogP contribution is -1.87. The number of benzene rings is 2. The summed E-state index contributed by atoms with van der Waals surface area (Å²) >= 11 is 29.8. The van der Waals surface area contributed by atoms with Gasteiger partial charge in [0, 0.05) is 21.2 Å². The van der Waals surface area contributed by atoms with Crippen LogP contribution in [0.3, 0.4) is 0 Å². The minimum Gasteiger partial charge on any atom is -0.503 e. The first-order valence-corrected chi connectivity index (χ1v) is 6.77. The van der Waals surface area contributed by atoms with E-state index in [1.54, 1.807) is 12.1 Å². The summed E-state index contributed by atoms with van der Waals surface area (Å²) in [5.74, 6) is -1.15. The Labute approximate surface area is 134 Å². The van der Waals surface area contributed by atoms with E-state index in [2.05, 4.69) is 0 Å². The number of hydrogen-bond donors (Lipinski definition) is 2. The maximum atomic E-state index is 9.71. The van der Waals surface area contributed by atoms with Gasteiger partial charge in [-0.25, -0.2) is 0 Å². The molecule has 2 N–H and O–H groups in total. The van der Waals surface area contributed by atoms with Gasteiger partial charge in [0.1, 0.15) is 5.02 Å². The highest BCUT2D eigenvalue weighted by Crippen LogP contribution is 2.51. The maximum absolute atomic E-state index is 9.71. The van der Waals surface area contributed by atoms with E-state index in [-0.39, 0.29) is 20.6 Å². The molecule has 0 aliphatic carbocycles. The number of rotatable bonds is 1. The summed E-state index contributed by atoms with van der Waals surface area (Å²) in [5, 5.41) is 19.6. The van der Waals surface area contributed by atoms with Crippen LogP contribution < -0.4 is 0 Å². The fraction of sp³-hybridized carbons (Fsp3) is 0. The Balaban J connectivity index is 2.87. The third kappa shape index (κ3) is 2.56. The monoisotopic (exact) mass is 356 g/mol. The van der Waals surface area contributed by atoms with Gasteiger partial charge in [-0.15, -0.1) is 0 Å². The van der Waals surface area contributed by atoms with Crippen LogP contribution in [0.4, 0.5) is 0 Å². The summed E-state index contributed by atoms with van der Waals surface area (Å²) in [7, 11) is 0. The molecule has 0 aliphatic heterocycles. The highest BCUT2D eigenvalue weighted by molar-refractivity contribution is 6.48. The van der Waals surface area contributed by atoms with Crippen LogP contribution in [0.2, 0.25) is 25.1 Å². The third-order valence-corrected chi connectivity index (χ3v) is 4.24. The molecule has 7 heteroatoms. The fourth-order valence-electron chi connectivity index (χ4n) is 1.56. The molecular weight excluding hydrogens is 353 g/mol. The van der Waals surface area contributed by atoms with Crippen molar-refractivity contribution in [3.8, 4) is 22.6 Å². The predicted octanol–water partition coefficient (Wildman–Crippen LogP) is 6.03. The Hall–Kier alpha value is -0.510. The smallest absolute Gasteiger partial charge is 0.179 e. The van der Waals surface area contributed by atoms with Gasteiger partial charge >= 0.3 is 0 Å². The van der Waals surface area contributed by atoms with Crippen molar-refractivity contribution < 1.29 is 10.2 Å². The molecule has 0 radical (unpaired) electrons. The molecule has 0 aromatic heterocycles.